The molecule has 0 aromatic heterocycles. The van der Waals surface area contributed by atoms with E-state index in [0.717, 1.165) is 18.0 Å². The molecule has 1 aromatic carbocycles. The summed E-state index contributed by atoms with van der Waals surface area (Å²) in [5.41, 5.74) is 1.38. The summed E-state index contributed by atoms with van der Waals surface area (Å²) in [6.07, 6.45) is 2.47. The molecule has 2 aliphatic heterocycles. The molecule has 1 fully saturated rings. The van der Waals surface area contributed by atoms with Gasteiger partial charge in [0, 0.05) is 24.8 Å². The predicted octanol–water partition coefficient (Wildman–Crippen LogP) is 5.31. The molecule has 1 aromatic rings. The highest BCUT2D eigenvalue weighted by molar-refractivity contribution is 7.98. The predicted molar refractivity (Wildman–Crippen MR) is 108 cm³/mol. The summed E-state index contributed by atoms with van der Waals surface area (Å²) in [6, 6.07) is 8.81. The summed E-state index contributed by atoms with van der Waals surface area (Å²) in [4.78, 5) is 2.48. The quantitative estimate of drug-likeness (QED) is 0.538. The first kappa shape index (κ1) is 17.9. The van der Waals surface area contributed by atoms with Crippen LogP contribution in [0.15, 0.2) is 28.7 Å². The highest BCUT2D eigenvalue weighted by Crippen LogP contribution is 2.38. The Balaban J connectivity index is 1.76. The minimum atomic E-state index is -1.77. The van der Waals surface area contributed by atoms with E-state index in [1.54, 1.807) is 11.9 Å². The summed E-state index contributed by atoms with van der Waals surface area (Å²) in [5, 5.41) is 0.226. The van der Waals surface area contributed by atoms with Crippen molar-refractivity contribution in [2.24, 2.45) is 4.40 Å². The first-order chi connectivity index (χ1) is 11.3. The fourth-order valence-electron chi connectivity index (χ4n) is 3.09. The van der Waals surface area contributed by atoms with Crippen molar-refractivity contribution in [3.63, 3.8) is 0 Å². The zero-order chi connectivity index (χ0) is 17.4. The van der Waals surface area contributed by atoms with Crippen molar-refractivity contribution in [2.75, 3.05) is 18.8 Å². The van der Waals surface area contributed by atoms with Gasteiger partial charge in [0.1, 0.15) is 11.6 Å². The van der Waals surface area contributed by atoms with Crippen molar-refractivity contribution in [2.45, 2.75) is 57.7 Å². The van der Waals surface area contributed by atoms with Gasteiger partial charge in [-0.15, -0.1) is 0 Å². The van der Waals surface area contributed by atoms with Gasteiger partial charge in [-0.1, -0.05) is 32.9 Å². The van der Waals surface area contributed by atoms with E-state index in [0.29, 0.717) is 5.92 Å². The molecule has 1 saturated heterocycles. The normalized spacial score (nSPS) is 22.0. The fraction of sp³-hybridized carbons (Fsp3) is 0.632. The highest BCUT2D eigenvalue weighted by Gasteiger charge is 2.39. The monoisotopic (exact) mass is 362 g/mol. The minimum Gasteiger partial charge on any atom is -0.544 e. The summed E-state index contributed by atoms with van der Waals surface area (Å²) >= 11 is 1.72. The zero-order valence-electron chi connectivity index (χ0n) is 15.6. The Bertz CT molecular complexity index is 607. The summed E-state index contributed by atoms with van der Waals surface area (Å²) in [6.45, 7) is 13.8. The van der Waals surface area contributed by atoms with Gasteiger partial charge in [0.25, 0.3) is 0 Å². The van der Waals surface area contributed by atoms with Crippen LogP contribution in [-0.2, 0) is 0 Å². The van der Waals surface area contributed by atoms with Gasteiger partial charge in [0.15, 0.2) is 0 Å². The van der Waals surface area contributed by atoms with Gasteiger partial charge in [-0.25, -0.2) is 4.40 Å². The van der Waals surface area contributed by atoms with Crippen LogP contribution in [0.3, 0.4) is 0 Å². The number of hydrogen-bond acceptors (Lipinski definition) is 4. The van der Waals surface area contributed by atoms with Gasteiger partial charge in [0.05, 0.1) is 0 Å². The van der Waals surface area contributed by atoms with Crippen LogP contribution in [0.1, 0.15) is 45.1 Å². The highest BCUT2D eigenvalue weighted by atomic mass is 32.2. The molecule has 2 heterocycles. The number of piperidine rings is 1. The molecule has 0 spiro atoms. The Morgan fingerprint density at radius 1 is 1.17 bits per heavy atom. The maximum atomic E-state index is 6.41. The second-order valence-corrected chi connectivity index (χ2v) is 14.0. The lowest BCUT2D eigenvalue weighted by Crippen LogP contribution is -2.44. The topological polar surface area (TPSA) is 24.8 Å². The molecule has 24 heavy (non-hydrogen) atoms. The van der Waals surface area contributed by atoms with E-state index in [1.165, 1.54) is 30.8 Å². The first-order valence-electron chi connectivity index (χ1n) is 9.02. The molecule has 1 unspecified atom stereocenters. The van der Waals surface area contributed by atoms with Crippen molar-refractivity contribution < 1.29 is 4.43 Å². The van der Waals surface area contributed by atoms with Crippen LogP contribution in [0.2, 0.25) is 18.1 Å². The Morgan fingerprint density at radius 3 is 2.54 bits per heavy atom. The molecule has 3 nitrogen and oxygen atoms in total. The molecule has 3 rings (SSSR count). The van der Waals surface area contributed by atoms with Gasteiger partial charge in [-0.3, -0.25) is 0 Å². The first-order valence-corrected chi connectivity index (χ1v) is 12.9. The SMILES string of the molecule is CC(C)(C)[Si](C)(C)Oc1ccc(C2CCCN3CCSN=C23)cc1. The molecule has 1 atom stereocenters. The van der Waals surface area contributed by atoms with Gasteiger partial charge in [0.2, 0.25) is 8.32 Å². The molecular formula is C19H30N2OSSi. The maximum absolute atomic E-state index is 6.41. The number of amidine groups is 1. The average Bonchev–Trinajstić information content (AvgIpc) is 2.54. The lowest BCUT2D eigenvalue weighted by atomic mass is 9.89. The fourth-order valence-corrected chi connectivity index (χ4v) is 4.89. The molecule has 0 N–H and O–H groups in total. The van der Waals surface area contributed by atoms with Crippen molar-refractivity contribution in [3.8, 4) is 5.75 Å². The molecule has 0 radical (unpaired) electrons. The van der Waals surface area contributed by atoms with E-state index in [1.807, 2.05) is 0 Å². The number of fused-ring (bicyclic) bond motifs is 1. The summed E-state index contributed by atoms with van der Waals surface area (Å²) < 4.78 is 11.2. The number of nitrogens with zero attached hydrogens (tertiary/aromatic N) is 2. The Hall–Kier alpha value is -0.943. The van der Waals surface area contributed by atoms with Crippen LogP contribution in [0.4, 0.5) is 0 Å². The molecule has 0 saturated carbocycles. The van der Waals surface area contributed by atoms with E-state index in [9.17, 15) is 0 Å². The van der Waals surface area contributed by atoms with E-state index >= 15 is 0 Å². The zero-order valence-corrected chi connectivity index (χ0v) is 17.4. The van der Waals surface area contributed by atoms with Crippen LogP contribution in [0.5, 0.6) is 5.75 Å². The lowest BCUT2D eigenvalue weighted by Gasteiger charge is -2.38. The average molecular weight is 363 g/mol. The molecule has 0 aliphatic carbocycles. The Kier molecular flexibility index (Phi) is 5.03. The van der Waals surface area contributed by atoms with Gasteiger partial charge in [-0.05, 0) is 60.6 Å². The van der Waals surface area contributed by atoms with Crippen LogP contribution in [0, 0.1) is 0 Å². The molecule has 132 valence electrons. The van der Waals surface area contributed by atoms with Gasteiger partial charge < -0.3 is 9.33 Å². The third-order valence-electron chi connectivity index (χ3n) is 5.63. The van der Waals surface area contributed by atoms with Crippen LogP contribution in [-0.4, -0.2) is 37.9 Å². The standard InChI is InChI=1S/C19H30N2OSSi/c1-19(2,3)24(4,5)22-16-10-8-15(9-11-16)17-7-6-12-21-13-14-23-20-18(17)21/h8-11,17H,6-7,12-14H2,1-5H3. The Morgan fingerprint density at radius 2 is 1.88 bits per heavy atom. The smallest absolute Gasteiger partial charge is 0.250 e. The second kappa shape index (κ2) is 6.75. The molecule has 0 amide bonds. The van der Waals surface area contributed by atoms with Crippen molar-refractivity contribution in [1.82, 2.24) is 4.90 Å². The maximum Gasteiger partial charge on any atom is 0.250 e. The summed E-state index contributed by atoms with van der Waals surface area (Å²) in [5.74, 6) is 3.87. The number of benzene rings is 1. The van der Waals surface area contributed by atoms with Gasteiger partial charge in [-0.2, -0.15) is 0 Å². The van der Waals surface area contributed by atoms with Crippen LogP contribution >= 0.6 is 11.9 Å². The summed E-state index contributed by atoms with van der Waals surface area (Å²) in [7, 11) is -1.77. The Labute approximate surface area is 152 Å². The molecule has 2 aliphatic rings. The molecule has 0 bridgehead atoms. The number of hydrogen-bond donors (Lipinski definition) is 0. The van der Waals surface area contributed by atoms with Crippen molar-refractivity contribution in [1.29, 1.82) is 0 Å². The third kappa shape index (κ3) is 3.67. The largest absolute Gasteiger partial charge is 0.544 e. The van der Waals surface area contributed by atoms with E-state index in [2.05, 4.69) is 63.0 Å². The van der Waals surface area contributed by atoms with Crippen molar-refractivity contribution in [3.05, 3.63) is 29.8 Å². The van der Waals surface area contributed by atoms with Crippen LogP contribution < -0.4 is 4.43 Å². The van der Waals surface area contributed by atoms with Crippen LogP contribution in [0.25, 0.3) is 0 Å². The minimum absolute atomic E-state index is 0.226. The second-order valence-electron chi connectivity index (χ2n) is 8.40. The van der Waals surface area contributed by atoms with E-state index < -0.39 is 8.32 Å². The third-order valence-corrected chi connectivity index (χ3v) is 10.7. The van der Waals surface area contributed by atoms with Crippen molar-refractivity contribution >= 4 is 26.1 Å². The number of rotatable bonds is 3. The lowest BCUT2D eigenvalue weighted by molar-refractivity contribution is 0.371. The van der Waals surface area contributed by atoms with E-state index in [4.69, 9.17) is 8.82 Å². The van der Waals surface area contributed by atoms with E-state index in [-0.39, 0.29) is 5.04 Å². The molecule has 5 heteroatoms. The van der Waals surface area contributed by atoms with Gasteiger partial charge >= 0.3 is 0 Å². The molecular weight excluding hydrogens is 332 g/mol.